The lowest BCUT2D eigenvalue weighted by Gasteiger charge is -2.32. The van der Waals surface area contributed by atoms with E-state index in [4.69, 9.17) is 4.74 Å². The number of ketones is 1. The van der Waals surface area contributed by atoms with Crippen molar-refractivity contribution in [3.05, 3.63) is 29.6 Å². The molecule has 2 aliphatic rings. The van der Waals surface area contributed by atoms with Gasteiger partial charge in [-0.25, -0.2) is 4.39 Å². The molecule has 1 aliphatic carbocycles. The van der Waals surface area contributed by atoms with Gasteiger partial charge in [0.15, 0.2) is 5.78 Å². The zero-order chi connectivity index (χ0) is 19.6. The molecule has 1 heterocycles. The minimum Gasteiger partial charge on any atom is -0.493 e. The number of carbonyl (C=O) groups excluding carboxylic acids is 1. The summed E-state index contributed by atoms with van der Waals surface area (Å²) in [7, 11) is 0. The number of hydrogen-bond donors (Lipinski definition) is 0. The first-order chi connectivity index (χ1) is 12.7. The van der Waals surface area contributed by atoms with Crippen molar-refractivity contribution in [2.45, 2.75) is 38.8 Å². The molecular weight excluding hydrogens is 362 g/mol. The second-order valence-corrected chi connectivity index (χ2v) is 7.72. The maximum atomic E-state index is 13.8. The number of likely N-dealkylation sites (tertiary alicyclic amines) is 1. The van der Waals surface area contributed by atoms with E-state index < -0.39 is 18.5 Å². The molecule has 0 aromatic heterocycles. The minimum absolute atomic E-state index is 0.0569. The molecule has 2 atom stereocenters. The zero-order valence-electron chi connectivity index (χ0n) is 15.4. The monoisotopic (exact) mass is 387 g/mol. The Kier molecular flexibility index (Phi) is 6.08. The van der Waals surface area contributed by atoms with Crippen LogP contribution in [0.1, 0.15) is 43.0 Å². The predicted octanol–water partition coefficient (Wildman–Crippen LogP) is 4.71. The molecule has 0 N–H and O–H groups in total. The van der Waals surface area contributed by atoms with Crippen molar-refractivity contribution >= 4 is 5.78 Å². The SMILES string of the molecule is CC(=O)c1ccc(OCC[C@@H]2C[C@@H]2C2CCN(CC(F)(F)F)CC2)cc1F. The Hall–Kier alpha value is -1.63. The molecule has 1 saturated heterocycles. The van der Waals surface area contributed by atoms with Gasteiger partial charge in [0.2, 0.25) is 0 Å². The molecular formula is C20H25F4NO2. The number of benzene rings is 1. The fourth-order valence-electron chi connectivity index (χ4n) is 4.17. The van der Waals surface area contributed by atoms with Crippen LogP contribution in [0.3, 0.4) is 0 Å². The lowest BCUT2D eigenvalue weighted by Crippen LogP contribution is -2.40. The fraction of sp³-hybridized carbons (Fsp3) is 0.650. The average Bonchev–Trinajstić information content (AvgIpc) is 3.33. The summed E-state index contributed by atoms with van der Waals surface area (Å²) in [6.07, 6.45) is -0.492. The normalized spacial score (nSPS) is 24.0. The Morgan fingerprint density at radius 3 is 2.56 bits per heavy atom. The van der Waals surface area contributed by atoms with Gasteiger partial charge in [0.1, 0.15) is 11.6 Å². The molecule has 3 nitrogen and oxygen atoms in total. The van der Waals surface area contributed by atoms with Crippen LogP contribution in [0.2, 0.25) is 0 Å². The van der Waals surface area contributed by atoms with E-state index in [0.717, 1.165) is 25.7 Å². The van der Waals surface area contributed by atoms with Gasteiger partial charge in [0.25, 0.3) is 0 Å². The number of ether oxygens (including phenoxy) is 1. The Bertz CT molecular complexity index is 668. The highest BCUT2D eigenvalue weighted by atomic mass is 19.4. The van der Waals surface area contributed by atoms with E-state index in [1.54, 1.807) is 6.07 Å². The molecule has 150 valence electrons. The third-order valence-electron chi connectivity index (χ3n) is 5.70. The quantitative estimate of drug-likeness (QED) is 0.501. The first-order valence-corrected chi connectivity index (χ1v) is 9.45. The standard InChI is InChI=1S/C20H25F4NO2/c1-13(26)17-3-2-16(11-19(17)21)27-9-6-15-10-18(15)14-4-7-25(8-5-14)12-20(22,23)24/h2-3,11,14-15,18H,4-10,12H2,1H3/t15-,18-/m1/s1. The average molecular weight is 387 g/mol. The molecule has 1 aliphatic heterocycles. The van der Waals surface area contributed by atoms with Gasteiger partial charge in [-0.3, -0.25) is 9.69 Å². The lowest BCUT2D eigenvalue weighted by atomic mass is 9.90. The zero-order valence-corrected chi connectivity index (χ0v) is 15.4. The van der Waals surface area contributed by atoms with Crippen molar-refractivity contribution < 1.29 is 27.1 Å². The summed E-state index contributed by atoms with van der Waals surface area (Å²) in [4.78, 5) is 12.7. The van der Waals surface area contributed by atoms with Gasteiger partial charge >= 0.3 is 6.18 Å². The van der Waals surface area contributed by atoms with Gasteiger partial charge in [-0.15, -0.1) is 0 Å². The Balaban J connectivity index is 1.36. The van der Waals surface area contributed by atoms with Crippen LogP contribution in [0.25, 0.3) is 0 Å². The first-order valence-electron chi connectivity index (χ1n) is 9.45. The van der Waals surface area contributed by atoms with Crippen LogP contribution in [-0.2, 0) is 0 Å². The van der Waals surface area contributed by atoms with Crippen molar-refractivity contribution in [1.29, 1.82) is 0 Å². The summed E-state index contributed by atoms with van der Waals surface area (Å²) in [5, 5.41) is 0. The molecule has 0 unspecified atom stereocenters. The van der Waals surface area contributed by atoms with Crippen LogP contribution < -0.4 is 4.74 Å². The van der Waals surface area contributed by atoms with Crippen LogP contribution in [0.5, 0.6) is 5.75 Å². The highest BCUT2D eigenvalue weighted by molar-refractivity contribution is 5.94. The summed E-state index contributed by atoms with van der Waals surface area (Å²) in [5.41, 5.74) is 0.0569. The smallest absolute Gasteiger partial charge is 0.401 e. The topological polar surface area (TPSA) is 29.5 Å². The van der Waals surface area contributed by atoms with Crippen LogP contribution in [-0.4, -0.2) is 43.1 Å². The van der Waals surface area contributed by atoms with Gasteiger partial charge in [-0.1, -0.05) is 0 Å². The summed E-state index contributed by atoms with van der Waals surface area (Å²) in [5.74, 6) is 1.15. The number of nitrogens with zero attached hydrogens (tertiary/aromatic N) is 1. The van der Waals surface area contributed by atoms with Crippen LogP contribution >= 0.6 is 0 Å². The summed E-state index contributed by atoms with van der Waals surface area (Å²) in [6.45, 7) is 2.03. The number of rotatable bonds is 7. The van der Waals surface area contributed by atoms with Crippen molar-refractivity contribution in [3.8, 4) is 5.75 Å². The molecule has 3 rings (SSSR count). The second kappa shape index (κ2) is 8.17. The number of Topliss-reactive ketones (excluding diaryl/α,β-unsaturated/α-hetero) is 1. The molecule has 0 radical (unpaired) electrons. The molecule has 0 spiro atoms. The Labute approximate surface area is 156 Å². The first kappa shape index (κ1) is 20.1. The van der Waals surface area contributed by atoms with Crippen LogP contribution in [0, 0.1) is 23.6 Å². The van der Waals surface area contributed by atoms with E-state index in [-0.39, 0.29) is 11.3 Å². The van der Waals surface area contributed by atoms with Crippen molar-refractivity contribution in [2.75, 3.05) is 26.2 Å². The molecule has 1 aromatic rings. The van der Waals surface area contributed by atoms with Crippen LogP contribution in [0.15, 0.2) is 18.2 Å². The number of carbonyl (C=O) groups is 1. The van der Waals surface area contributed by atoms with Crippen LogP contribution in [0.4, 0.5) is 17.6 Å². The largest absolute Gasteiger partial charge is 0.493 e. The summed E-state index contributed by atoms with van der Waals surface area (Å²) < 4.78 is 56.7. The highest BCUT2D eigenvalue weighted by Gasteiger charge is 2.43. The maximum Gasteiger partial charge on any atom is 0.401 e. The molecule has 1 aromatic carbocycles. The van der Waals surface area contributed by atoms with Gasteiger partial charge < -0.3 is 4.74 Å². The fourth-order valence-corrected chi connectivity index (χ4v) is 4.17. The molecule has 1 saturated carbocycles. The van der Waals surface area contributed by atoms with Gasteiger partial charge in [-0.2, -0.15) is 13.2 Å². The van der Waals surface area contributed by atoms with Gasteiger partial charge in [0.05, 0.1) is 18.7 Å². The summed E-state index contributed by atoms with van der Waals surface area (Å²) >= 11 is 0. The van der Waals surface area contributed by atoms with E-state index >= 15 is 0 Å². The van der Waals surface area contributed by atoms with Crippen molar-refractivity contribution in [2.24, 2.45) is 17.8 Å². The molecule has 7 heteroatoms. The van der Waals surface area contributed by atoms with E-state index in [2.05, 4.69) is 0 Å². The van der Waals surface area contributed by atoms with E-state index in [1.807, 2.05) is 0 Å². The molecule has 2 fully saturated rings. The molecule has 0 bridgehead atoms. The lowest BCUT2D eigenvalue weighted by molar-refractivity contribution is -0.148. The Morgan fingerprint density at radius 1 is 1.26 bits per heavy atom. The second-order valence-electron chi connectivity index (χ2n) is 7.72. The van der Waals surface area contributed by atoms with E-state index in [1.165, 1.54) is 24.0 Å². The molecule has 0 amide bonds. The van der Waals surface area contributed by atoms with Gasteiger partial charge in [-0.05, 0) is 75.6 Å². The number of halogens is 4. The number of piperidine rings is 1. The summed E-state index contributed by atoms with van der Waals surface area (Å²) in [6, 6.07) is 4.26. The molecule has 27 heavy (non-hydrogen) atoms. The van der Waals surface area contributed by atoms with Crippen molar-refractivity contribution in [3.63, 3.8) is 0 Å². The highest BCUT2D eigenvalue weighted by Crippen LogP contribution is 2.49. The third-order valence-corrected chi connectivity index (χ3v) is 5.70. The maximum absolute atomic E-state index is 13.8. The third kappa shape index (κ3) is 5.67. The van der Waals surface area contributed by atoms with E-state index in [0.29, 0.717) is 43.2 Å². The predicted molar refractivity (Wildman–Crippen MR) is 93.3 cm³/mol. The number of alkyl halides is 3. The number of hydrogen-bond acceptors (Lipinski definition) is 3. The van der Waals surface area contributed by atoms with E-state index in [9.17, 15) is 22.4 Å². The minimum atomic E-state index is -4.12. The van der Waals surface area contributed by atoms with Crippen molar-refractivity contribution in [1.82, 2.24) is 4.90 Å². The van der Waals surface area contributed by atoms with Gasteiger partial charge in [0, 0.05) is 6.07 Å². The Morgan fingerprint density at radius 2 is 1.96 bits per heavy atom.